The van der Waals surface area contributed by atoms with Crippen molar-refractivity contribution < 1.29 is 53.0 Å². The Morgan fingerprint density at radius 3 is 2.10 bits per heavy atom. The molecular weight excluding hydrogens is 1340 g/mol. The molecule has 10 bridgehead atoms. The average molecular weight is 1420 g/mol. The first-order valence-corrected chi connectivity index (χ1v) is 37.4. The van der Waals surface area contributed by atoms with Gasteiger partial charge in [-0.1, -0.05) is 32.9 Å². The van der Waals surface area contributed by atoms with E-state index in [4.69, 9.17) is 35.4 Å². The number of carboxylic acid groups (broad SMARTS) is 1. The molecule has 5 atom stereocenters. The Bertz CT molecular complexity index is 4120. The molecule has 1 saturated carbocycles. The fourth-order valence-electron chi connectivity index (χ4n) is 12.4. The lowest BCUT2D eigenvalue weighted by Gasteiger charge is -2.38. The predicted molar refractivity (Wildman–Crippen MR) is 371 cm³/mol. The van der Waals surface area contributed by atoms with Crippen molar-refractivity contribution in [2.45, 2.75) is 123 Å². The van der Waals surface area contributed by atoms with Crippen LogP contribution in [0, 0.1) is 18.8 Å². The first kappa shape index (κ1) is 69.7. The van der Waals surface area contributed by atoms with Gasteiger partial charge in [0.25, 0.3) is 17.7 Å². The minimum atomic E-state index is -1.13. The number of nitrogens with one attached hydrogen (secondary N) is 3. The number of benzene rings is 1. The molecule has 5 amide bonds. The molecule has 7 aromatic heterocycles. The number of quaternary nitrogens is 1. The van der Waals surface area contributed by atoms with Crippen molar-refractivity contribution in [1.82, 2.24) is 60.6 Å². The third-order valence-electron chi connectivity index (χ3n) is 18.4. The van der Waals surface area contributed by atoms with Crippen molar-refractivity contribution in [3.8, 4) is 49.1 Å². The molecule has 0 radical (unpaired) electrons. The summed E-state index contributed by atoms with van der Waals surface area (Å²) in [6, 6.07) is 8.03. The fraction of sp³-hybridized carbons (Fsp3) is 0.455. The summed E-state index contributed by atoms with van der Waals surface area (Å²) in [5.74, 6) is -4.15. The zero-order valence-electron chi connectivity index (χ0n) is 54.1. The first-order chi connectivity index (χ1) is 46.2. The summed E-state index contributed by atoms with van der Waals surface area (Å²) < 4.78 is 7.29. The number of ketones is 1. The Kier molecular flexibility index (Phi) is 22.4. The summed E-state index contributed by atoms with van der Waals surface area (Å²) >= 11 is 7.37. The van der Waals surface area contributed by atoms with E-state index in [1.54, 1.807) is 40.1 Å². The van der Waals surface area contributed by atoms with Crippen LogP contribution in [0.2, 0.25) is 0 Å². The number of carbonyl (C=O) groups excluding carboxylic acids is 6. The SMILES string of the molecule is CCN(CC)CC[N+](CC)(CC)CCOc1ccc(C[C@@H]2NC(=O)c3csc(n3)CCC(=O)c3nc(sc3C)[C@H](CC(N)=O)NC(=O)c3csc(n3)-c3ccc(-c4nc(C(=O)NC5CCC(C(=O)O)CC5)cs4)nc3-c3csc(n3)-c3csc(n3)[C@@H]3[C@@H](C)[C@@H](O)CN3C2=O)cc1. The van der Waals surface area contributed by atoms with Crippen LogP contribution >= 0.6 is 68.0 Å². The van der Waals surface area contributed by atoms with Gasteiger partial charge in [-0.15, -0.1) is 68.0 Å². The number of aliphatic hydroxyl groups is 1. The maximum absolute atomic E-state index is 15.4. The second kappa shape index (κ2) is 30.8. The number of hydrogen-bond donors (Lipinski definition) is 6. The molecular formula is C66H77N14O10S6+. The van der Waals surface area contributed by atoms with E-state index >= 15 is 4.79 Å². The molecule has 8 aromatic rings. The zero-order valence-corrected chi connectivity index (χ0v) is 59.0. The number of aromatic nitrogens is 7. The highest BCUT2D eigenvalue weighted by Crippen LogP contribution is 2.43. The number of ether oxygens (including phenoxy) is 1. The van der Waals surface area contributed by atoms with Crippen LogP contribution in [0.4, 0.5) is 0 Å². The maximum atomic E-state index is 15.4. The number of pyridine rings is 1. The molecule has 506 valence electrons. The van der Waals surface area contributed by atoms with Crippen molar-refractivity contribution in [2.75, 3.05) is 59.0 Å². The standard InChI is InChI=1S/C66H76N14O10S6/c1-7-78(8-2)23-24-80(9-3,10-4)25-26-90-40-17-11-37(12-18-40)27-44-65(87)79-29-51(82)35(5)56(79)64-76-49(34-95-64)62-73-45(30-93-62)55-41(19-20-42(70-55)61-75-47(33-94-61)57(84)68-39-15-13-38(14-16-39)66(88)89)60-74-48(32-92-60)59(86)71-43(28-52(67)83)63-77-54(36(6)96-63)50(81)21-22-53-69-46(31-91-53)58(85)72-44/h11-12,17-20,30-35,38-39,43-44,51,56,82H,7-10,13-16,21-29H2,1-6H3,(H5-,67,68,71,72,83,84,85,86,88,89)/p+1/t35-,38?,39?,43-,44-,51-,56-/m0/s1. The summed E-state index contributed by atoms with van der Waals surface area (Å²) in [5.41, 5.74) is 9.13. The fourth-order valence-corrected chi connectivity index (χ4v) is 17.6. The van der Waals surface area contributed by atoms with Crippen LogP contribution in [0.1, 0.15) is 153 Å². The smallest absolute Gasteiger partial charge is 0.306 e. The zero-order chi connectivity index (χ0) is 67.9. The van der Waals surface area contributed by atoms with Gasteiger partial charge >= 0.3 is 5.97 Å². The highest BCUT2D eigenvalue weighted by Gasteiger charge is 2.45. The van der Waals surface area contributed by atoms with Crippen molar-refractivity contribution in [3.63, 3.8) is 0 Å². The molecule has 1 saturated heterocycles. The number of nitrogens with two attached hydrogens (primary N) is 1. The van der Waals surface area contributed by atoms with Crippen LogP contribution in [-0.2, 0) is 27.2 Å². The van der Waals surface area contributed by atoms with Crippen LogP contribution in [0.15, 0.2) is 63.3 Å². The van der Waals surface area contributed by atoms with Gasteiger partial charge in [0.2, 0.25) is 11.8 Å². The number of thiazole rings is 6. The summed E-state index contributed by atoms with van der Waals surface area (Å²) in [6.07, 6.45) is 0.963. The molecule has 2 aliphatic heterocycles. The lowest BCUT2D eigenvalue weighted by atomic mass is 9.86. The summed E-state index contributed by atoms with van der Waals surface area (Å²) in [7, 11) is 0. The molecule has 3 aliphatic rings. The van der Waals surface area contributed by atoms with Gasteiger partial charge in [-0.2, -0.15) is 0 Å². The van der Waals surface area contributed by atoms with E-state index < -0.39 is 65.7 Å². The van der Waals surface area contributed by atoms with E-state index in [1.165, 1.54) is 56.7 Å². The van der Waals surface area contributed by atoms with Crippen molar-refractivity contribution in [2.24, 2.45) is 17.6 Å². The van der Waals surface area contributed by atoms with Gasteiger partial charge < -0.3 is 46.0 Å². The predicted octanol–water partition coefficient (Wildman–Crippen LogP) is 9.14. The van der Waals surface area contributed by atoms with Crippen LogP contribution in [0.5, 0.6) is 5.75 Å². The second-order valence-electron chi connectivity index (χ2n) is 24.4. The van der Waals surface area contributed by atoms with E-state index in [-0.39, 0.29) is 77.7 Å². The number of aliphatic hydroxyl groups excluding tert-OH is 1. The Morgan fingerprint density at radius 2 is 1.39 bits per heavy atom. The number of amides is 5. The molecule has 9 heterocycles. The number of fused-ring (bicyclic) bond motifs is 16. The van der Waals surface area contributed by atoms with E-state index in [9.17, 15) is 39.0 Å². The Hall–Kier alpha value is -7.68. The van der Waals surface area contributed by atoms with Gasteiger partial charge in [0.15, 0.2) is 5.78 Å². The van der Waals surface area contributed by atoms with Crippen LogP contribution in [0.25, 0.3) is 43.4 Å². The molecule has 30 heteroatoms. The number of nitrogens with zero attached hydrogens (tertiary/aromatic N) is 10. The second-order valence-corrected chi connectivity index (χ2v) is 30.0. The number of Topliss-reactive ketones (excluding diaryl/α,β-unsaturated/α-hetero) is 1. The number of carboxylic acids is 1. The number of hydrogen-bond acceptors (Lipinski definition) is 23. The number of aryl methyl sites for hydroxylation is 2. The van der Waals surface area contributed by atoms with Crippen molar-refractivity contribution in [1.29, 1.82) is 0 Å². The number of primary amides is 1. The van der Waals surface area contributed by atoms with Gasteiger partial charge in [-0.3, -0.25) is 38.5 Å². The number of likely N-dealkylation sites (N-methyl/N-ethyl adjacent to an activating group) is 2. The molecule has 11 rings (SSSR count). The Balaban J connectivity index is 0.915. The van der Waals surface area contributed by atoms with E-state index in [2.05, 4.69) is 58.5 Å². The highest BCUT2D eigenvalue weighted by atomic mass is 32.1. The first-order valence-electron chi connectivity index (χ1n) is 32.2. The van der Waals surface area contributed by atoms with Gasteiger partial charge in [-0.25, -0.2) is 34.9 Å². The normalized spacial score (nSPS) is 20.4. The van der Waals surface area contributed by atoms with E-state index in [1.807, 2.05) is 41.9 Å². The lowest BCUT2D eigenvalue weighted by molar-refractivity contribution is -0.924. The summed E-state index contributed by atoms with van der Waals surface area (Å²) in [6.45, 7) is 19.8. The van der Waals surface area contributed by atoms with E-state index in [0.717, 1.165) is 67.2 Å². The monoisotopic (exact) mass is 1420 g/mol. The molecule has 0 unspecified atom stereocenters. The van der Waals surface area contributed by atoms with Crippen molar-refractivity contribution in [3.05, 3.63) is 112 Å². The number of carbonyl (C=O) groups is 7. The number of rotatable bonds is 19. The maximum Gasteiger partial charge on any atom is 0.306 e. The van der Waals surface area contributed by atoms with Gasteiger partial charge in [0.1, 0.15) is 89.8 Å². The van der Waals surface area contributed by atoms with Crippen molar-refractivity contribution >= 4 is 109 Å². The molecule has 0 spiro atoms. The molecule has 2 fully saturated rings. The minimum absolute atomic E-state index is 0.0207. The van der Waals surface area contributed by atoms with Crippen LogP contribution < -0.4 is 26.4 Å². The van der Waals surface area contributed by atoms with Gasteiger partial charge in [0.05, 0.1) is 60.9 Å². The van der Waals surface area contributed by atoms with Crippen LogP contribution in [0.3, 0.4) is 0 Å². The molecule has 7 N–H and O–H groups in total. The minimum Gasteiger partial charge on any atom is -0.488 e. The molecule has 1 aliphatic carbocycles. The van der Waals surface area contributed by atoms with Crippen LogP contribution in [-0.4, -0.2) is 178 Å². The Morgan fingerprint density at radius 1 is 0.719 bits per heavy atom. The summed E-state index contributed by atoms with van der Waals surface area (Å²) in [5, 5.41) is 41.2. The topological polar surface area (TPSA) is 328 Å². The molecule has 1 aromatic carbocycles. The largest absolute Gasteiger partial charge is 0.488 e. The van der Waals surface area contributed by atoms with E-state index in [0.29, 0.717) is 96.3 Å². The van der Waals surface area contributed by atoms with Gasteiger partial charge in [-0.05, 0) is 89.4 Å². The average Bonchev–Trinajstić information content (AvgIpc) is 1.61. The molecule has 24 nitrogen and oxygen atoms in total. The Labute approximate surface area is 579 Å². The quantitative estimate of drug-likeness (QED) is 0.0411. The number of aliphatic carboxylic acids is 1. The third-order valence-corrected chi connectivity index (χ3v) is 24.0. The lowest BCUT2D eigenvalue weighted by Crippen LogP contribution is -2.53. The highest BCUT2D eigenvalue weighted by molar-refractivity contribution is 7.15. The molecule has 96 heavy (non-hydrogen) atoms. The van der Waals surface area contributed by atoms with Gasteiger partial charge in [0, 0.05) is 81.7 Å². The third kappa shape index (κ3) is 16.0. The summed E-state index contributed by atoms with van der Waals surface area (Å²) in [4.78, 5) is 134.